The molecule has 0 aliphatic carbocycles. The smallest absolute Gasteiger partial charge is 0.241 e. The quantitative estimate of drug-likeness (QED) is 0.296. The summed E-state index contributed by atoms with van der Waals surface area (Å²) in [5.74, 6) is 0.636. The van der Waals surface area contributed by atoms with Gasteiger partial charge in [0.05, 0.1) is 0 Å². The van der Waals surface area contributed by atoms with Gasteiger partial charge in [0.25, 0.3) is 0 Å². The molecule has 1 amide bonds. The van der Waals surface area contributed by atoms with Gasteiger partial charge in [0.1, 0.15) is 6.54 Å². The maximum absolute atomic E-state index is 11.4. The van der Waals surface area contributed by atoms with E-state index in [1.54, 1.807) is 0 Å². The van der Waals surface area contributed by atoms with Crippen LogP contribution in [0.2, 0.25) is 0 Å². The number of carbonyl (C=O) groups excluding carboxylic acids is 1. The largest absolute Gasteiger partial charge is 0.357 e. The predicted molar refractivity (Wildman–Crippen MR) is 105 cm³/mol. The summed E-state index contributed by atoms with van der Waals surface area (Å²) >= 11 is 0. The van der Waals surface area contributed by atoms with Crippen molar-refractivity contribution in [2.45, 2.75) is 53.6 Å². The van der Waals surface area contributed by atoms with E-state index in [1.807, 2.05) is 13.8 Å². The second-order valence-electron chi connectivity index (χ2n) is 5.50. The van der Waals surface area contributed by atoms with E-state index >= 15 is 0 Å². The number of likely N-dealkylation sites (N-methyl/N-ethyl adjacent to an activating group) is 1. The predicted octanol–water partition coefficient (Wildman–Crippen LogP) is 1.41. The van der Waals surface area contributed by atoms with Gasteiger partial charge in [-0.15, -0.1) is 24.0 Å². The van der Waals surface area contributed by atoms with Crippen LogP contribution in [0.25, 0.3) is 0 Å². The van der Waals surface area contributed by atoms with Crippen molar-refractivity contribution in [3.8, 4) is 0 Å². The number of nitrogens with zero attached hydrogens (tertiary/aromatic N) is 2. The highest BCUT2D eigenvalue weighted by molar-refractivity contribution is 14.0. The normalized spacial score (nSPS) is 11.6. The third-order valence-electron chi connectivity index (χ3n) is 3.09. The molecule has 0 aromatic rings. The third-order valence-corrected chi connectivity index (χ3v) is 3.09. The summed E-state index contributed by atoms with van der Waals surface area (Å²) in [5, 5.41) is 9.17. The maximum atomic E-state index is 11.4. The highest BCUT2D eigenvalue weighted by Gasteiger charge is 2.12. The van der Waals surface area contributed by atoms with Gasteiger partial charge in [0.2, 0.25) is 5.91 Å². The first kappa shape index (κ1) is 23.7. The molecule has 0 aliphatic rings. The lowest BCUT2D eigenvalue weighted by Crippen LogP contribution is -2.45. The van der Waals surface area contributed by atoms with Crippen molar-refractivity contribution in [2.75, 3.05) is 32.7 Å². The molecule has 0 saturated carbocycles. The van der Waals surface area contributed by atoms with E-state index in [1.165, 1.54) is 0 Å². The minimum atomic E-state index is -0.0549. The van der Waals surface area contributed by atoms with Gasteiger partial charge < -0.3 is 16.0 Å². The lowest BCUT2D eigenvalue weighted by molar-refractivity contribution is -0.119. The van der Waals surface area contributed by atoms with E-state index in [0.29, 0.717) is 24.6 Å². The zero-order valence-electron chi connectivity index (χ0n) is 14.9. The zero-order chi connectivity index (χ0) is 16.3. The molecular weight excluding hydrogens is 393 g/mol. The van der Waals surface area contributed by atoms with Gasteiger partial charge in [0.15, 0.2) is 5.96 Å². The molecule has 0 radical (unpaired) electrons. The van der Waals surface area contributed by atoms with Crippen molar-refractivity contribution < 1.29 is 4.79 Å². The van der Waals surface area contributed by atoms with E-state index in [9.17, 15) is 4.79 Å². The van der Waals surface area contributed by atoms with Crippen LogP contribution in [0, 0.1) is 0 Å². The summed E-state index contributed by atoms with van der Waals surface area (Å²) in [6.07, 6.45) is 0. The number of nitrogens with one attached hydrogen (secondary N) is 3. The molecular formula is C15H34IN5O. The number of guanidine groups is 1. The van der Waals surface area contributed by atoms with Crippen LogP contribution in [-0.4, -0.2) is 61.6 Å². The van der Waals surface area contributed by atoms with Gasteiger partial charge in [-0.05, 0) is 41.5 Å². The van der Waals surface area contributed by atoms with Crippen LogP contribution >= 0.6 is 24.0 Å². The van der Waals surface area contributed by atoms with Crippen molar-refractivity contribution in [1.29, 1.82) is 0 Å². The molecule has 7 heteroatoms. The molecule has 132 valence electrons. The lowest BCUT2D eigenvalue weighted by atomic mass is 10.2. The van der Waals surface area contributed by atoms with E-state index in [4.69, 9.17) is 0 Å². The van der Waals surface area contributed by atoms with Crippen LogP contribution in [0.3, 0.4) is 0 Å². The number of hydrogen-bond acceptors (Lipinski definition) is 3. The molecule has 0 spiro atoms. The van der Waals surface area contributed by atoms with Gasteiger partial charge >= 0.3 is 0 Å². The lowest BCUT2D eigenvalue weighted by Gasteiger charge is -2.30. The number of halogens is 1. The fourth-order valence-electron chi connectivity index (χ4n) is 2.16. The Balaban J connectivity index is 0. The molecule has 0 aromatic heterocycles. The summed E-state index contributed by atoms with van der Waals surface area (Å²) in [7, 11) is 0. The van der Waals surface area contributed by atoms with Gasteiger partial charge in [-0.2, -0.15) is 0 Å². The van der Waals surface area contributed by atoms with E-state index in [-0.39, 0.29) is 36.4 Å². The number of amides is 1. The van der Waals surface area contributed by atoms with Gasteiger partial charge in [-0.1, -0.05) is 0 Å². The van der Waals surface area contributed by atoms with E-state index in [0.717, 1.165) is 19.6 Å². The fourth-order valence-corrected chi connectivity index (χ4v) is 2.16. The Morgan fingerprint density at radius 2 is 1.55 bits per heavy atom. The topological polar surface area (TPSA) is 68.8 Å². The monoisotopic (exact) mass is 427 g/mol. The number of hydrogen-bond donors (Lipinski definition) is 3. The zero-order valence-corrected chi connectivity index (χ0v) is 17.2. The summed E-state index contributed by atoms with van der Waals surface area (Å²) < 4.78 is 0. The Bertz CT molecular complexity index is 313. The molecule has 0 atom stereocenters. The first-order valence-corrected chi connectivity index (χ1v) is 7.96. The van der Waals surface area contributed by atoms with Crippen LogP contribution in [-0.2, 0) is 4.79 Å². The SMILES string of the molecule is CCNC(=O)CN=C(NCC)NCCN(C(C)C)C(C)C.I. The maximum Gasteiger partial charge on any atom is 0.241 e. The van der Waals surface area contributed by atoms with Crippen LogP contribution < -0.4 is 16.0 Å². The first-order valence-electron chi connectivity index (χ1n) is 7.96. The molecule has 0 aromatic carbocycles. The van der Waals surface area contributed by atoms with Crippen LogP contribution in [0.1, 0.15) is 41.5 Å². The average Bonchev–Trinajstić information content (AvgIpc) is 2.40. The highest BCUT2D eigenvalue weighted by atomic mass is 127. The van der Waals surface area contributed by atoms with Gasteiger partial charge in [0, 0.05) is 38.3 Å². The molecule has 0 saturated heterocycles. The molecule has 0 fully saturated rings. The summed E-state index contributed by atoms with van der Waals surface area (Å²) in [6.45, 7) is 16.0. The Morgan fingerprint density at radius 1 is 1.00 bits per heavy atom. The third kappa shape index (κ3) is 11.1. The van der Waals surface area contributed by atoms with Crippen molar-refractivity contribution in [1.82, 2.24) is 20.9 Å². The number of carbonyl (C=O) groups is 1. The van der Waals surface area contributed by atoms with Crippen LogP contribution in [0.15, 0.2) is 4.99 Å². The van der Waals surface area contributed by atoms with Crippen LogP contribution in [0.4, 0.5) is 0 Å². The number of aliphatic imine (C=N–C) groups is 1. The van der Waals surface area contributed by atoms with Gasteiger partial charge in [-0.25, -0.2) is 4.99 Å². The fraction of sp³-hybridized carbons (Fsp3) is 0.867. The Kier molecular flexibility index (Phi) is 15.1. The highest BCUT2D eigenvalue weighted by Crippen LogP contribution is 2.03. The van der Waals surface area contributed by atoms with Crippen LogP contribution in [0.5, 0.6) is 0 Å². The molecule has 0 aliphatic heterocycles. The standard InChI is InChI=1S/C15H33N5O.HI/c1-7-16-14(21)11-19-15(17-8-2)18-9-10-20(12(3)4)13(5)6;/h12-13H,7-11H2,1-6H3,(H,16,21)(H2,17,18,19);1H. The van der Waals surface area contributed by atoms with E-state index in [2.05, 4.69) is 53.5 Å². The minimum Gasteiger partial charge on any atom is -0.357 e. The van der Waals surface area contributed by atoms with Crippen molar-refractivity contribution in [2.24, 2.45) is 4.99 Å². The molecule has 3 N–H and O–H groups in total. The molecule has 0 heterocycles. The molecule has 0 rings (SSSR count). The average molecular weight is 427 g/mol. The first-order chi connectivity index (χ1) is 9.92. The second-order valence-corrected chi connectivity index (χ2v) is 5.50. The second kappa shape index (κ2) is 14.0. The summed E-state index contributed by atoms with van der Waals surface area (Å²) in [5.41, 5.74) is 0. The molecule has 22 heavy (non-hydrogen) atoms. The van der Waals surface area contributed by atoms with Crippen molar-refractivity contribution >= 4 is 35.8 Å². The molecule has 0 bridgehead atoms. The summed E-state index contributed by atoms with van der Waals surface area (Å²) in [6, 6.07) is 1.03. The Morgan fingerprint density at radius 3 is 2.00 bits per heavy atom. The minimum absolute atomic E-state index is 0. The number of rotatable bonds is 9. The molecule has 6 nitrogen and oxygen atoms in total. The van der Waals surface area contributed by atoms with Gasteiger partial charge in [-0.3, -0.25) is 9.69 Å². The van der Waals surface area contributed by atoms with E-state index < -0.39 is 0 Å². The Hall–Kier alpha value is -0.570. The van der Waals surface area contributed by atoms with Crippen molar-refractivity contribution in [3.63, 3.8) is 0 Å². The Labute approximate surface area is 152 Å². The summed E-state index contributed by atoms with van der Waals surface area (Å²) in [4.78, 5) is 18.1. The molecule has 0 unspecified atom stereocenters. The van der Waals surface area contributed by atoms with Crippen molar-refractivity contribution in [3.05, 3.63) is 0 Å².